The molecule has 0 bridgehead atoms. The lowest BCUT2D eigenvalue weighted by Crippen LogP contribution is -2.30. The average molecular weight is 349 g/mol. The number of fused-ring (bicyclic) bond motifs is 1. The Morgan fingerprint density at radius 2 is 1.83 bits per heavy atom. The predicted molar refractivity (Wildman–Crippen MR) is 80.8 cm³/mol. The van der Waals surface area contributed by atoms with Gasteiger partial charge in [0.2, 0.25) is 0 Å². The number of anilines is 1. The highest BCUT2D eigenvalue weighted by Gasteiger charge is 2.40. The minimum atomic E-state index is -5.00. The highest BCUT2D eigenvalue weighted by molar-refractivity contribution is 7.17. The second kappa shape index (κ2) is 7.33. The van der Waals surface area contributed by atoms with E-state index in [2.05, 4.69) is 0 Å². The highest BCUT2D eigenvalue weighted by Crippen LogP contribution is 2.38. The Balaban J connectivity index is 2.41. The first-order valence-corrected chi connectivity index (χ1v) is 8.36. The molecule has 1 aliphatic carbocycles. The van der Waals surface area contributed by atoms with Crippen molar-refractivity contribution in [1.82, 2.24) is 0 Å². The molecule has 0 spiro atoms. The Bertz CT molecular complexity index is 596. The van der Waals surface area contributed by atoms with E-state index in [0.29, 0.717) is 12.8 Å². The largest absolute Gasteiger partial charge is 0.471 e. The summed E-state index contributed by atoms with van der Waals surface area (Å²) in [5.74, 6) is -2.75. The quantitative estimate of drug-likeness (QED) is 0.837. The van der Waals surface area contributed by atoms with Crippen LogP contribution in [0.2, 0.25) is 0 Å². The molecule has 8 heteroatoms. The zero-order valence-corrected chi connectivity index (χ0v) is 13.5. The smallest absolute Gasteiger partial charge is 0.462 e. The highest BCUT2D eigenvalue weighted by atomic mass is 32.1. The molecule has 0 atom stereocenters. The number of halogens is 3. The second-order valence-electron chi connectivity index (χ2n) is 5.29. The molecule has 1 heterocycles. The molecular weight excluding hydrogens is 331 g/mol. The van der Waals surface area contributed by atoms with Gasteiger partial charge in [-0.2, -0.15) is 13.2 Å². The lowest BCUT2D eigenvalue weighted by atomic mass is 9.96. The van der Waals surface area contributed by atoms with Crippen molar-refractivity contribution < 1.29 is 27.5 Å². The summed E-state index contributed by atoms with van der Waals surface area (Å²) in [6, 6.07) is 0. The van der Waals surface area contributed by atoms with Crippen LogP contribution in [-0.2, 0) is 22.4 Å². The molecule has 23 heavy (non-hydrogen) atoms. The minimum absolute atomic E-state index is 0.0577. The summed E-state index contributed by atoms with van der Waals surface area (Å²) in [5, 5.41) is 1.78. The Kier molecular flexibility index (Phi) is 5.67. The summed E-state index contributed by atoms with van der Waals surface area (Å²) in [4.78, 5) is 24.3. The van der Waals surface area contributed by atoms with Crippen molar-refractivity contribution in [1.29, 1.82) is 0 Å². The third-order valence-electron chi connectivity index (χ3n) is 3.64. The van der Waals surface area contributed by atoms with Gasteiger partial charge in [0.1, 0.15) is 5.00 Å². The Morgan fingerprint density at radius 3 is 2.43 bits per heavy atom. The van der Waals surface area contributed by atoms with Gasteiger partial charge in [-0.3, -0.25) is 4.79 Å². The monoisotopic (exact) mass is 349 g/mol. The summed E-state index contributed by atoms with van der Waals surface area (Å²) >= 11 is 1.05. The fraction of sp³-hybridized carbons (Fsp3) is 0.600. The number of rotatable bonds is 3. The second-order valence-corrected chi connectivity index (χ2v) is 6.40. The molecule has 1 aliphatic rings. The summed E-state index contributed by atoms with van der Waals surface area (Å²) in [5.41, 5.74) is 0.817. The van der Waals surface area contributed by atoms with Crippen LogP contribution in [0.5, 0.6) is 0 Å². The normalized spacial score (nSPS) is 15.3. The standard InChI is InChI=1S/C15H18F3NO3S/c1-2-22-13(20)11-9-7-5-3-4-6-8-10(9)23-12(11)19-14(21)15(16,17)18/h2-8H2,1H3,(H,19,21). The first-order chi connectivity index (χ1) is 10.8. The van der Waals surface area contributed by atoms with Crippen LogP contribution in [0.1, 0.15) is 53.4 Å². The van der Waals surface area contributed by atoms with Crippen LogP contribution in [0.15, 0.2) is 0 Å². The zero-order chi connectivity index (χ0) is 17.0. The molecular formula is C15H18F3NO3S. The average Bonchev–Trinajstić information content (AvgIpc) is 2.75. The van der Waals surface area contributed by atoms with Crippen LogP contribution < -0.4 is 5.32 Å². The number of aryl methyl sites for hydroxylation is 1. The number of alkyl halides is 3. The number of hydrogen-bond acceptors (Lipinski definition) is 4. The van der Waals surface area contributed by atoms with Gasteiger partial charge in [-0.15, -0.1) is 11.3 Å². The van der Waals surface area contributed by atoms with Crippen molar-refractivity contribution in [2.75, 3.05) is 11.9 Å². The van der Waals surface area contributed by atoms with Crippen LogP contribution >= 0.6 is 11.3 Å². The summed E-state index contributed by atoms with van der Waals surface area (Å²) in [7, 11) is 0. The number of ether oxygens (including phenoxy) is 1. The molecule has 1 aromatic heterocycles. The minimum Gasteiger partial charge on any atom is -0.462 e. The number of carbonyl (C=O) groups is 2. The summed E-state index contributed by atoms with van der Waals surface area (Å²) in [6.07, 6.45) is 0.170. The van der Waals surface area contributed by atoms with Gasteiger partial charge in [0.25, 0.3) is 0 Å². The van der Waals surface area contributed by atoms with E-state index in [0.717, 1.165) is 47.5 Å². The van der Waals surface area contributed by atoms with Crippen molar-refractivity contribution >= 4 is 28.2 Å². The van der Waals surface area contributed by atoms with Gasteiger partial charge in [-0.25, -0.2) is 4.79 Å². The Hall–Kier alpha value is -1.57. The van der Waals surface area contributed by atoms with Crippen molar-refractivity contribution in [3.63, 3.8) is 0 Å². The van der Waals surface area contributed by atoms with E-state index in [1.807, 2.05) is 5.32 Å². The van der Waals surface area contributed by atoms with E-state index in [4.69, 9.17) is 4.74 Å². The van der Waals surface area contributed by atoms with Crippen molar-refractivity contribution in [3.05, 3.63) is 16.0 Å². The third kappa shape index (κ3) is 4.25. The van der Waals surface area contributed by atoms with Crippen molar-refractivity contribution in [2.24, 2.45) is 0 Å². The number of nitrogens with one attached hydrogen (secondary N) is 1. The van der Waals surface area contributed by atoms with Gasteiger partial charge in [-0.05, 0) is 38.2 Å². The molecule has 0 aliphatic heterocycles. The number of thiophene rings is 1. The third-order valence-corrected chi connectivity index (χ3v) is 4.84. The van der Waals surface area contributed by atoms with Crippen LogP contribution in [0.4, 0.5) is 18.2 Å². The van der Waals surface area contributed by atoms with Gasteiger partial charge in [0, 0.05) is 4.88 Å². The fourth-order valence-corrected chi connectivity index (χ4v) is 3.87. The lowest BCUT2D eigenvalue weighted by molar-refractivity contribution is -0.167. The molecule has 0 radical (unpaired) electrons. The van der Waals surface area contributed by atoms with Gasteiger partial charge in [0.05, 0.1) is 12.2 Å². The molecule has 0 saturated carbocycles. The maximum Gasteiger partial charge on any atom is 0.471 e. The molecule has 2 rings (SSSR count). The van der Waals surface area contributed by atoms with E-state index in [1.54, 1.807) is 6.92 Å². The fourth-order valence-electron chi connectivity index (χ4n) is 2.60. The van der Waals surface area contributed by atoms with Gasteiger partial charge in [0.15, 0.2) is 0 Å². The Morgan fingerprint density at radius 1 is 1.17 bits per heavy atom. The van der Waals surface area contributed by atoms with E-state index in [-0.39, 0.29) is 17.2 Å². The van der Waals surface area contributed by atoms with E-state index in [1.165, 1.54) is 0 Å². The first-order valence-electron chi connectivity index (χ1n) is 7.54. The van der Waals surface area contributed by atoms with E-state index >= 15 is 0 Å². The van der Waals surface area contributed by atoms with Gasteiger partial charge in [-0.1, -0.05) is 12.8 Å². The molecule has 1 N–H and O–H groups in total. The van der Waals surface area contributed by atoms with Crippen molar-refractivity contribution in [3.8, 4) is 0 Å². The molecule has 1 amide bonds. The summed E-state index contributed by atoms with van der Waals surface area (Å²) < 4.78 is 42.5. The predicted octanol–water partition coefficient (Wildman–Crippen LogP) is 4.08. The van der Waals surface area contributed by atoms with E-state index < -0.39 is 18.1 Å². The van der Waals surface area contributed by atoms with Gasteiger partial charge >= 0.3 is 18.1 Å². The van der Waals surface area contributed by atoms with Crippen molar-refractivity contribution in [2.45, 2.75) is 51.6 Å². The molecule has 0 unspecified atom stereocenters. The maximum atomic E-state index is 12.5. The molecule has 128 valence electrons. The summed E-state index contributed by atoms with van der Waals surface area (Å²) in [6.45, 7) is 1.75. The Labute approximate surface area is 136 Å². The molecule has 4 nitrogen and oxygen atoms in total. The molecule has 0 saturated heterocycles. The zero-order valence-electron chi connectivity index (χ0n) is 12.7. The first kappa shape index (κ1) is 17.8. The van der Waals surface area contributed by atoms with Crippen LogP contribution in [0.3, 0.4) is 0 Å². The number of esters is 1. The molecule has 1 aromatic rings. The van der Waals surface area contributed by atoms with Gasteiger partial charge < -0.3 is 10.1 Å². The van der Waals surface area contributed by atoms with Crippen LogP contribution in [0, 0.1) is 0 Å². The topological polar surface area (TPSA) is 55.4 Å². The lowest BCUT2D eigenvalue weighted by Gasteiger charge is -2.11. The van der Waals surface area contributed by atoms with Crippen LogP contribution in [-0.4, -0.2) is 24.7 Å². The molecule has 0 fully saturated rings. The SMILES string of the molecule is CCOC(=O)c1c(NC(=O)C(F)(F)F)sc2c1CCCCCC2. The maximum absolute atomic E-state index is 12.5. The number of carbonyl (C=O) groups excluding carboxylic acids is 2. The molecule has 0 aromatic carbocycles. The number of amides is 1. The number of hydrogen-bond donors (Lipinski definition) is 1. The van der Waals surface area contributed by atoms with E-state index in [9.17, 15) is 22.8 Å². The van der Waals surface area contributed by atoms with Crippen LogP contribution in [0.25, 0.3) is 0 Å².